The average molecular weight is 641 g/mol. The van der Waals surface area contributed by atoms with Gasteiger partial charge in [-0.3, -0.25) is 20.4 Å². The van der Waals surface area contributed by atoms with E-state index in [0.29, 0.717) is 36.9 Å². The van der Waals surface area contributed by atoms with Crippen molar-refractivity contribution in [3.63, 3.8) is 0 Å². The van der Waals surface area contributed by atoms with Gasteiger partial charge in [-0.2, -0.15) is 0 Å². The zero-order valence-electron chi connectivity index (χ0n) is 25.7. The molecule has 1 aliphatic carbocycles. The Morgan fingerprint density at radius 3 is 2.48 bits per heavy atom. The molecule has 2 fully saturated rings. The van der Waals surface area contributed by atoms with Crippen LogP contribution in [0.3, 0.4) is 0 Å². The predicted molar refractivity (Wildman–Crippen MR) is 164 cm³/mol. The van der Waals surface area contributed by atoms with Gasteiger partial charge in [0.05, 0.1) is 12.2 Å². The van der Waals surface area contributed by atoms with Crippen LogP contribution in [0, 0.1) is 12.7 Å². The molecule has 46 heavy (non-hydrogen) atoms. The van der Waals surface area contributed by atoms with Crippen LogP contribution in [0.15, 0.2) is 24.5 Å². The Morgan fingerprint density at radius 1 is 1.07 bits per heavy atom. The van der Waals surface area contributed by atoms with Crippen molar-refractivity contribution in [1.29, 1.82) is 0 Å². The van der Waals surface area contributed by atoms with Crippen LogP contribution in [0.5, 0.6) is 5.88 Å². The summed E-state index contributed by atoms with van der Waals surface area (Å²) in [6, 6.07) is 3.19. The van der Waals surface area contributed by atoms with Crippen molar-refractivity contribution in [2.45, 2.75) is 64.5 Å². The number of likely N-dealkylation sites (tertiary alicyclic amines) is 1. The molecule has 0 unspecified atom stereocenters. The highest BCUT2D eigenvalue weighted by Crippen LogP contribution is 2.42. The average Bonchev–Trinajstić information content (AvgIpc) is 2.94. The van der Waals surface area contributed by atoms with E-state index in [1.807, 2.05) is 4.90 Å². The van der Waals surface area contributed by atoms with E-state index in [1.54, 1.807) is 27.7 Å². The lowest BCUT2D eigenvalue weighted by molar-refractivity contribution is -0.0575. The molecule has 13 nitrogen and oxygen atoms in total. The van der Waals surface area contributed by atoms with Gasteiger partial charge in [-0.1, -0.05) is 0 Å². The van der Waals surface area contributed by atoms with E-state index in [9.17, 15) is 23.9 Å². The lowest BCUT2D eigenvalue weighted by Crippen LogP contribution is -2.59. The largest absolute Gasteiger partial charge is 0.474 e. The van der Waals surface area contributed by atoms with Crippen molar-refractivity contribution in [2.75, 3.05) is 41.8 Å². The van der Waals surface area contributed by atoms with Gasteiger partial charge in [0.15, 0.2) is 5.82 Å². The molecule has 2 aromatic heterocycles. The molecule has 0 bridgehead atoms. The number of hydrogen-bond donors (Lipinski definition) is 3. The number of rotatable bonds is 5. The molecule has 2 aliphatic heterocycles. The Balaban J connectivity index is 1.32. The number of hydrogen-bond acceptors (Lipinski definition) is 9. The maximum absolute atomic E-state index is 16.4. The van der Waals surface area contributed by atoms with E-state index in [2.05, 4.69) is 20.6 Å². The molecule has 3 N–H and O–H groups in total. The zero-order valence-corrected chi connectivity index (χ0v) is 25.7. The molecule has 15 heteroatoms. The third-order valence-corrected chi connectivity index (χ3v) is 8.16. The molecule has 0 atom stereocenters. The number of anilines is 3. The fourth-order valence-electron chi connectivity index (χ4n) is 5.84. The number of amides is 3. The number of alkyl halides is 1. The lowest BCUT2D eigenvalue weighted by atomic mass is 9.86. The third kappa shape index (κ3) is 6.18. The van der Waals surface area contributed by atoms with Crippen LogP contribution in [-0.4, -0.2) is 88.4 Å². The van der Waals surface area contributed by atoms with Gasteiger partial charge in [0.1, 0.15) is 36.0 Å². The van der Waals surface area contributed by atoms with Gasteiger partial charge >= 0.3 is 18.3 Å². The van der Waals surface area contributed by atoms with E-state index >= 15 is 4.39 Å². The highest BCUT2D eigenvalue weighted by molar-refractivity contribution is 6.04. The van der Waals surface area contributed by atoms with Gasteiger partial charge in [-0.05, 0) is 50.8 Å². The van der Waals surface area contributed by atoms with Gasteiger partial charge < -0.3 is 19.3 Å². The molecule has 4 heterocycles. The quantitative estimate of drug-likeness (QED) is 0.316. The van der Waals surface area contributed by atoms with E-state index in [1.165, 1.54) is 24.5 Å². The molecule has 6 rings (SSSR count). The molecule has 3 aromatic rings. The van der Waals surface area contributed by atoms with Crippen molar-refractivity contribution >= 4 is 46.2 Å². The maximum atomic E-state index is 16.4. The molecule has 1 saturated heterocycles. The Labute approximate surface area is 262 Å². The van der Waals surface area contributed by atoms with Crippen LogP contribution >= 0.6 is 0 Å². The summed E-state index contributed by atoms with van der Waals surface area (Å²) in [5.41, 5.74) is -0.252. The second-order valence-electron chi connectivity index (χ2n) is 12.6. The van der Waals surface area contributed by atoms with Crippen molar-refractivity contribution in [1.82, 2.24) is 14.9 Å². The SMILES string of the molecule is Cc1c(-c2cc3cc(NC(=O)OC4CC(N5CC(F)C5)C4)ncc3c(NC(=O)OC(C)(C)C)c2F)cnc2c1N(C(=O)O)CCO2. The first-order valence-electron chi connectivity index (χ1n) is 14.9. The first-order valence-corrected chi connectivity index (χ1v) is 14.9. The lowest BCUT2D eigenvalue weighted by Gasteiger charge is -2.47. The number of fused-ring (bicyclic) bond motifs is 2. The number of nitrogens with zero attached hydrogens (tertiary/aromatic N) is 4. The molecule has 0 spiro atoms. The minimum Gasteiger partial charge on any atom is -0.474 e. The summed E-state index contributed by atoms with van der Waals surface area (Å²) in [7, 11) is 0. The normalized spacial score (nSPS) is 19.7. The van der Waals surface area contributed by atoms with Gasteiger partial charge in [0, 0.05) is 60.9 Å². The van der Waals surface area contributed by atoms with E-state index < -0.39 is 35.9 Å². The number of benzene rings is 1. The molecular formula is C31H34F2N6O7. The van der Waals surface area contributed by atoms with Crippen LogP contribution in [0.2, 0.25) is 0 Å². The summed E-state index contributed by atoms with van der Waals surface area (Å²) in [4.78, 5) is 49.0. The second kappa shape index (κ2) is 11.9. The van der Waals surface area contributed by atoms with Crippen molar-refractivity contribution in [3.05, 3.63) is 35.9 Å². The van der Waals surface area contributed by atoms with Gasteiger partial charge in [0.25, 0.3) is 0 Å². The number of aromatic nitrogens is 2. The Kier molecular flexibility index (Phi) is 8.04. The van der Waals surface area contributed by atoms with Crippen LogP contribution in [-0.2, 0) is 9.47 Å². The minimum atomic E-state index is -1.21. The van der Waals surface area contributed by atoms with Crippen LogP contribution < -0.4 is 20.3 Å². The van der Waals surface area contributed by atoms with Crippen LogP contribution in [0.25, 0.3) is 21.9 Å². The minimum absolute atomic E-state index is 0.00372. The number of nitrogens with one attached hydrogen (secondary N) is 2. The Hall–Kier alpha value is -4.79. The van der Waals surface area contributed by atoms with Crippen molar-refractivity contribution in [2.24, 2.45) is 0 Å². The highest BCUT2D eigenvalue weighted by Gasteiger charge is 2.41. The fraction of sp³-hybridized carbons (Fsp3) is 0.452. The molecule has 244 valence electrons. The number of carboxylic acid groups (broad SMARTS) is 1. The predicted octanol–water partition coefficient (Wildman–Crippen LogP) is 5.70. The van der Waals surface area contributed by atoms with E-state index in [4.69, 9.17) is 14.2 Å². The van der Waals surface area contributed by atoms with Crippen molar-refractivity contribution < 1.29 is 42.5 Å². The second-order valence-corrected chi connectivity index (χ2v) is 12.6. The summed E-state index contributed by atoms with van der Waals surface area (Å²) in [6.45, 7) is 7.63. The number of pyridine rings is 2. The third-order valence-electron chi connectivity index (χ3n) is 8.16. The molecule has 1 saturated carbocycles. The standard InChI is InChI=1S/C31H34F2N6O7/c1-15-21(11-35-27-26(15)39(30(42)43)5-6-44-27)20-7-16-8-23(36-28(40)45-19-9-18(10-19)38-13-17(32)14-38)34-12-22(16)25(24(20)33)37-29(41)46-31(2,3)4/h7-8,11-12,17-19H,5-6,9-10,13-14H2,1-4H3,(H,37,41)(H,42,43)(H,34,36,40). The number of halogens is 2. The van der Waals surface area contributed by atoms with E-state index in [0.717, 1.165) is 4.90 Å². The Morgan fingerprint density at radius 2 is 1.80 bits per heavy atom. The summed E-state index contributed by atoms with van der Waals surface area (Å²) in [6.07, 6.45) is -0.0191. The van der Waals surface area contributed by atoms with Crippen LogP contribution in [0.4, 0.5) is 40.4 Å². The van der Waals surface area contributed by atoms with Gasteiger partial charge in [-0.15, -0.1) is 0 Å². The van der Waals surface area contributed by atoms with Crippen molar-refractivity contribution in [3.8, 4) is 17.0 Å². The first kappa shape index (κ1) is 31.2. The molecule has 0 radical (unpaired) electrons. The zero-order chi connectivity index (χ0) is 32.9. The topological polar surface area (TPSA) is 155 Å². The van der Waals surface area contributed by atoms with Gasteiger partial charge in [0.2, 0.25) is 5.88 Å². The highest BCUT2D eigenvalue weighted by atomic mass is 19.1. The fourth-order valence-corrected chi connectivity index (χ4v) is 5.84. The summed E-state index contributed by atoms with van der Waals surface area (Å²) < 4.78 is 46.0. The number of carbonyl (C=O) groups excluding carboxylic acids is 2. The Bertz CT molecular complexity index is 1720. The van der Waals surface area contributed by atoms with Gasteiger partial charge in [-0.25, -0.2) is 33.1 Å². The molecular weight excluding hydrogens is 606 g/mol. The van der Waals surface area contributed by atoms with E-state index in [-0.39, 0.29) is 64.9 Å². The van der Waals surface area contributed by atoms with Crippen LogP contribution in [0.1, 0.15) is 39.2 Å². The molecule has 3 aliphatic rings. The maximum Gasteiger partial charge on any atom is 0.413 e. The summed E-state index contributed by atoms with van der Waals surface area (Å²) in [5.74, 6) is -0.612. The number of ether oxygens (including phenoxy) is 3. The monoisotopic (exact) mass is 640 g/mol. The first-order chi connectivity index (χ1) is 21.8. The molecule has 1 aromatic carbocycles. The number of carbonyl (C=O) groups is 3. The summed E-state index contributed by atoms with van der Waals surface area (Å²) in [5, 5.41) is 15.5. The molecule has 3 amide bonds. The summed E-state index contributed by atoms with van der Waals surface area (Å²) >= 11 is 0. The smallest absolute Gasteiger partial charge is 0.413 e.